The first-order valence-electron chi connectivity index (χ1n) is 7.84. The van der Waals surface area contributed by atoms with Gasteiger partial charge in [-0.1, -0.05) is 11.6 Å². The Morgan fingerprint density at radius 1 is 1.00 bits per heavy atom. The van der Waals surface area contributed by atoms with Gasteiger partial charge in [-0.2, -0.15) is 13.2 Å². The number of halogens is 5. The van der Waals surface area contributed by atoms with Crippen LogP contribution in [0.5, 0.6) is 11.6 Å². The molecule has 29 heavy (non-hydrogen) atoms. The summed E-state index contributed by atoms with van der Waals surface area (Å²) in [6.45, 7) is 0. The molecule has 1 aromatic heterocycles. The summed E-state index contributed by atoms with van der Waals surface area (Å²) in [5, 5.41) is -0.272. The van der Waals surface area contributed by atoms with Crippen LogP contribution in [-0.2, 0) is 16.2 Å². The van der Waals surface area contributed by atoms with Crippen molar-refractivity contribution in [3.63, 3.8) is 0 Å². The van der Waals surface area contributed by atoms with E-state index in [4.69, 9.17) is 16.3 Å². The maximum absolute atomic E-state index is 13.1. The quantitative estimate of drug-likeness (QED) is 0.526. The number of benzene rings is 2. The number of aromatic nitrogens is 1. The summed E-state index contributed by atoms with van der Waals surface area (Å²) in [4.78, 5) is 3.28. The van der Waals surface area contributed by atoms with Crippen LogP contribution in [0, 0.1) is 5.82 Å². The predicted octanol–water partition coefficient (Wildman–Crippen LogP) is 5.49. The molecule has 0 atom stereocenters. The van der Waals surface area contributed by atoms with E-state index in [2.05, 4.69) is 9.71 Å². The lowest BCUT2D eigenvalue weighted by Gasteiger charge is -2.11. The van der Waals surface area contributed by atoms with E-state index in [0.29, 0.717) is 6.20 Å². The van der Waals surface area contributed by atoms with Gasteiger partial charge in [-0.05, 0) is 48.5 Å². The van der Waals surface area contributed by atoms with E-state index in [-0.39, 0.29) is 27.2 Å². The molecule has 3 rings (SSSR count). The van der Waals surface area contributed by atoms with Gasteiger partial charge in [-0.25, -0.2) is 17.8 Å². The largest absolute Gasteiger partial charge is 0.439 e. The zero-order chi connectivity index (χ0) is 21.2. The highest BCUT2D eigenvalue weighted by Crippen LogP contribution is 2.30. The standard InChI is InChI=1S/C18H11ClF4N2O3S/c19-15-9-12(20)2-7-16(15)29(26,27)25-13-3-5-14(6-4-13)28-17-8-1-11(10-24-17)18(21,22)23/h1-10,25H. The van der Waals surface area contributed by atoms with E-state index in [0.717, 1.165) is 30.3 Å². The molecule has 1 N–H and O–H groups in total. The molecule has 0 bridgehead atoms. The second-order valence-corrected chi connectivity index (χ2v) is 7.75. The molecule has 0 spiro atoms. The second-order valence-electron chi connectivity index (χ2n) is 5.69. The van der Waals surface area contributed by atoms with Crippen molar-refractivity contribution in [1.82, 2.24) is 4.98 Å². The van der Waals surface area contributed by atoms with Crippen molar-refractivity contribution in [2.75, 3.05) is 4.72 Å². The van der Waals surface area contributed by atoms with E-state index < -0.39 is 27.6 Å². The van der Waals surface area contributed by atoms with Crippen LogP contribution in [0.3, 0.4) is 0 Å². The van der Waals surface area contributed by atoms with Crippen LogP contribution in [-0.4, -0.2) is 13.4 Å². The third-order valence-corrected chi connectivity index (χ3v) is 5.44. The molecular weight excluding hydrogens is 436 g/mol. The van der Waals surface area contributed by atoms with E-state index in [9.17, 15) is 26.0 Å². The first-order chi connectivity index (χ1) is 13.5. The minimum absolute atomic E-state index is 0.0653. The van der Waals surface area contributed by atoms with Gasteiger partial charge in [-0.15, -0.1) is 0 Å². The SMILES string of the molecule is O=S(=O)(Nc1ccc(Oc2ccc(C(F)(F)F)cn2)cc1)c1ccc(F)cc1Cl. The van der Waals surface area contributed by atoms with Crippen molar-refractivity contribution in [3.8, 4) is 11.6 Å². The normalized spacial score (nSPS) is 11.9. The highest BCUT2D eigenvalue weighted by atomic mass is 35.5. The van der Waals surface area contributed by atoms with E-state index >= 15 is 0 Å². The number of nitrogens with zero attached hydrogens (tertiary/aromatic N) is 1. The van der Waals surface area contributed by atoms with Crippen LogP contribution < -0.4 is 9.46 Å². The smallest absolute Gasteiger partial charge is 0.417 e. The summed E-state index contributed by atoms with van der Waals surface area (Å²) in [5.41, 5.74) is -0.743. The van der Waals surface area contributed by atoms with Gasteiger partial charge in [0.05, 0.1) is 10.6 Å². The Morgan fingerprint density at radius 2 is 1.69 bits per heavy atom. The van der Waals surface area contributed by atoms with Gasteiger partial charge < -0.3 is 4.74 Å². The molecule has 0 aliphatic carbocycles. The molecule has 1 heterocycles. The summed E-state index contributed by atoms with van der Waals surface area (Å²) in [6.07, 6.45) is -3.86. The van der Waals surface area contributed by atoms with Gasteiger partial charge in [0, 0.05) is 18.0 Å². The Hall–Kier alpha value is -2.85. The van der Waals surface area contributed by atoms with Crippen LogP contribution in [0.4, 0.5) is 23.2 Å². The van der Waals surface area contributed by atoms with E-state index in [1.165, 1.54) is 24.3 Å². The maximum Gasteiger partial charge on any atom is 0.417 e. The molecule has 0 fully saturated rings. The monoisotopic (exact) mass is 446 g/mol. The molecule has 3 aromatic rings. The molecule has 2 aromatic carbocycles. The molecule has 11 heteroatoms. The Kier molecular flexibility index (Phi) is 5.67. The van der Waals surface area contributed by atoms with Crippen molar-refractivity contribution in [2.45, 2.75) is 11.1 Å². The summed E-state index contributed by atoms with van der Waals surface area (Å²) < 4.78 is 83.0. The molecular formula is C18H11ClF4N2O3S. The van der Waals surface area contributed by atoms with Gasteiger partial charge >= 0.3 is 6.18 Å². The number of ether oxygens (including phenoxy) is 1. The first kappa shape index (κ1) is 20.9. The van der Waals surface area contributed by atoms with Crippen molar-refractivity contribution < 1.29 is 30.7 Å². The number of rotatable bonds is 5. The van der Waals surface area contributed by atoms with Crippen molar-refractivity contribution in [3.05, 3.63) is 77.2 Å². The Labute approximate surface area is 168 Å². The van der Waals surface area contributed by atoms with E-state index in [1.54, 1.807) is 0 Å². The van der Waals surface area contributed by atoms with Gasteiger partial charge in [0.2, 0.25) is 5.88 Å². The topological polar surface area (TPSA) is 68.3 Å². The number of nitrogens with one attached hydrogen (secondary N) is 1. The average Bonchev–Trinajstić information content (AvgIpc) is 2.62. The first-order valence-corrected chi connectivity index (χ1v) is 9.70. The lowest BCUT2D eigenvalue weighted by Crippen LogP contribution is -2.13. The number of hydrogen-bond acceptors (Lipinski definition) is 4. The maximum atomic E-state index is 13.1. The van der Waals surface area contributed by atoms with Crippen molar-refractivity contribution in [2.24, 2.45) is 0 Å². The van der Waals surface area contributed by atoms with Crippen LogP contribution >= 0.6 is 11.6 Å². The fraction of sp³-hybridized carbons (Fsp3) is 0.0556. The van der Waals surface area contributed by atoms with Crippen LogP contribution in [0.25, 0.3) is 0 Å². The lowest BCUT2D eigenvalue weighted by atomic mass is 10.3. The second kappa shape index (κ2) is 7.88. The minimum Gasteiger partial charge on any atom is -0.439 e. The predicted molar refractivity (Wildman–Crippen MR) is 98.0 cm³/mol. The molecule has 0 aliphatic rings. The van der Waals surface area contributed by atoms with Crippen molar-refractivity contribution in [1.29, 1.82) is 0 Å². The summed E-state index contributed by atoms with van der Waals surface area (Å²) >= 11 is 5.78. The number of anilines is 1. The minimum atomic E-state index is -4.50. The summed E-state index contributed by atoms with van der Waals surface area (Å²) in [5.74, 6) is -0.517. The lowest BCUT2D eigenvalue weighted by molar-refractivity contribution is -0.137. The Bertz CT molecular complexity index is 1120. The van der Waals surface area contributed by atoms with Crippen LogP contribution in [0.2, 0.25) is 5.02 Å². The van der Waals surface area contributed by atoms with Crippen molar-refractivity contribution >= 4 is 27.3 Å². The van der Waals surface area contributed by atoms with Gasteiger partial charge in [-0.3, -0.25) is 4.72 Å². The summed E-state index contributed by atoms with van der Waals surface area (Å²) in [6, 6.07) is 10.3. The molecule has 0 radical (unpaired) electrons. The Balaban J connectivity index is 1.71. The van der Waals surface area contributed by atoms with Gasteiger partial charge in [0.15, 0.2) is 0 Å². The summed E-state index contributed by atoms with van der Waals surface area (Å²) in [7, 11) is -4.06. The molecule has 0 amide bonds. The Morgan fingerprint density at radius 3 is 2.24 bits per heavy atom. The van der Waals surface area contributed by atoms with Crippen LogP contribution in [0.15, 0.2) is 65.7 Å². The average molecular weight is 447 g/mol. The third kappa shape index (κ3) is 5.15. The number of pyridine rings is 1. The molecule has 0 unspecified atom stereocenters. The fourth-order valence-electron chi connectivity index (χ4n) is 2.22. The molecule has 152 valence electrons. The highest BCUT2D eigenvalue weighted by Gasteiger charge is 2.30. The number of alkyl halides is 3. The molecule has 5 nitrogen and oxygen atoms in total. The highest BCUT2D eigenvalue weighted by molar-refractivity contribution is 7.92. The van der Waals surface area contributed by atoms with E-state index in [1.807, 2.05) is 0 Å². The number of sulfonamides is 1. The zero-order valence-electron chi connectivity index (χ0n) is 14.2. The molecule has 0 saturated carbocycles. The third-order valence-electron chi connectivity index (χ3n) is 3.58. The number of hydrogen-bond donors (Lipinski definition) is 1. The van der Waals surface area contributed by atoms with Gasteiger partial charge in [0.25, 0.3) is 10.0 Å². The molecule has 0 aliphatic heterocycles. The van der Waals surface area contributed by atoms with Crippen LogP contribution in [0.1, 0.15) is 5.56 Å². The zero-order valence-corrected chi connectivity index (χ0v) is 15.8. The molecule has 0 saturated heterocycles. The fourth-order valence-corrected chi connectivity index (χ4v) is 3.81. The van der Waals surface area contributed by atoms with Gasteiger partial charge in [0.1, 0.15) is 16.5 Å².